The lowest BCUT2D eigenvalue weighted by atomic mass is 9.80. The lowest BCUT2D eigenvalue weighted by Gasteiger charge is -2.33. The molecule has 1 saturated heterocycles. The normalized spacial score (nSPS) is 20.4. The quantitative estimate of drug-likeness (QED) is 0.881. The summed E-state index contributed by atoms with van der Waals surface area (Å²) in [6.45, 7) is 7.94. The van der Waals surface area contributed by atoms with Gasteiger partial charge in [0.2, 0.25) is 5.91 Å². The van der Waals surface area contributed by atoms with E-state index < -0.39 is 0 Å². The molecule has 1 unspecified atom stereocenters. The topological polar surface area (TPSA) is 54.0 Å². The zero-order valence-electron chi connectivity index (χ0n) is 11.2. The van der Waals surface area contributed by atoms with Gasteiger partial charge in [0.25, 0.3) is 0 Å². The molecule has 0 saturated carbocycles. The van der Waals surface area contributed by atoms with Crippen LogP contribution in [0.2, 0.25) is 0 Å². The van der Waals surface area contributed by atoms with Gasteiger partial charge in [0.05, 0.1) is 6.04 Å². The number of rotatable bonds is 3. The second-order valence-electron chi connectivity index (χ2n) is 5.31. The minimum Gasteiger partial charge on any atom is -0.347 e. The molecule has 0 aromatic carbocycles. The Hall–Kier alpha value is -0.940. The summed E-state index contributed by atoms with van der Waals surface area (Å²) in [5.74, 6) is 0.157. The van der Waals surface area contributed by atoms with Crippen molar-refractivity contribution in [3.63, 3.8) is 0 Å². The maximum absolute atomic E-state index is 12.3. The molecule has 1 aromatic rings. The molecule has 1 amide bonds. The Kier molecular flexibility index (Phi) is 4.02. The summed E-state index contributed by atoms with van der Waals surface area (Å²) in [5, 5.41) is 7.38. The number of aryl methyl sites for hydroxylation is 1. The van der Waals surface area contributed by atoms with Gasteiger partial charge in [-0.3, -0.25) is 4.79 Å². The van der Waals surface area contributed by atoms with Crippen molar-refractivity contribution >= 4 is 17.2 Å². The van der Waals surface area contributed by atoms with Crippen LogP contribution in [0.4, 0.5) is 0 Å². The lowest BCUT2D eigenvalue weighted by molar-refractivity contribution is -0.132. The van der Waals surface area contributed by atoms with E-state index in [1.54, 1.807) is 11.3 Å². The highest BCUT2D eigenvalue weighted by Crippen LogP contribution is 2.29. The van der Waals surface area contributed by atoms with Crippen LogP contribution in [0.5, 0.6) is 0 Å². The first kappa shape index (κ1) is 13.5. The van der Waals surface area contributed by atoms with Gasteiger partial charge in [0, 0.05) is 16.5 Å². The van der Waals surface area contributed by atoms with Crippen LogP contribution in [0.15, 0.2) is 6.20 Å². The molecule has 1 aliphatic rings. The Morgan fingerprint density at radius 3 is 2.78 bits per heavy atom. The molecule has 1 aliphatic heterocycles. The van der Waals surface area contributed by atoms with E-state index >= 15 is 0 Å². The van der Waals surface area contributed by atoms with Crippen LogP contribution in [0, 0.1) is 12.3 Å². The average Bonchev–Trinajstić information content (AvgIpc) is 2.77. The first-order valence-electron chi connectivity index (χ1n) is 6.45. The van der Waals surface area contributed by atoms with Crippen LogP contribution >= 0.6 is 11.3 Å². The third kappa shape index (κ3) is 2.90. The number of piperidine rings is 1. The summed E-state index contributed by atoms with van der Waals surface area (Å²) in [5.41, 5.74) is -0.230. The Morgan fingerprint density at radius 1 is 1.56 bits per heavy atom. The van der Waals surface area contributed by atoms with Crippen molar-refractivity contribution < 1.29 is 4.79 Å². The second kappa shape index (κ2) is 5.36. The molecule has 1 fully saturated rings. The van der Waals surface area contributed by atoms with Crippen molar-refractivity contribution in [1.82, 2.24) is 15.6 Å². The first-order chi connectivity index (χ1) is 8.51. The van der Waals surface area contributed by atoms with E-state index in [0.717, 1.165) is 30.9 Å². The third-order valence-corrected chi connectivity index (χ3v) is 4.71. The lowest BCUT2D eigenvalue weighted by Crippen LogP contribution is -2.46. The van der Waals surface area contributed by atoms with E-state index in [2.05, 4.69) is 22.5 Å². The van der Waals surface area contributed by atoms with Crippen molar-refractivity contribution in [2.24, 2.45) is 5.41 Å². The van der Waals surface area contributed by atoms with Crippen molar-refractivity contribution in [3.05, 3.63) is 16.1 Å². The number of carbonyl (C=O) groups is 1. The van der Waals surface area contributed by atoms with Gasteiger partial charge < -0.3 is 10.6 Å². The predicted octanol–water partition coefficient (Wildman–Crippen LogP) is 2.02. The molecule has 5 heteroatoms. The zero-order valence-corrected chi connectivity index (χ0v) is 12.1. The van der Waals surface area contributed by atoms with Gasteiger partial charge in [0.1, 0.15) is 5.01 Å². The molecule has 1 aromatic heterocycles. The van der Waals surface area contributed by atoms with Crippen LogP contribution in [0.1, 0.15) is 42.6 Å². The maximum Gasteiger partial charge on any atom is 0.226 e. The van der Waals surface area contributed by atoms with Crippen molar-refractivity contribution in [2.75, 3.05) is 13.1 Å². The first-order valence-corrected chi connectivity index (χ1v) is 7.27. The molecule has 1 atom stereocenters. The van der Waals surface area contributed by atoms with Gasteiger partial charge in [-0.1, -0.05) is 6.92 Å². The monoisotopic (exact) mass is 267 g/mol. The summed E-state index contributed by atoms with van der Waals surface area (Å²) in [6.07, 6.45) is 3.67. The molecule has 2 N–H and O–H groups in total. The largest absolute Gasteiger partial charge is 0.347 e. The smallest absolute Gasteiger partial charge is 0.226 e. The number of hydrogen-bond donors (Lipinski definition) is 2. The minimum absolute atomic E-state index is 0.00270. The molecule has 18 heavy (non-hydrogen) atoms. The average molecular weight is 267 g/mol. The maximum atomic E-state index is 12.3. The molecule has 0 radical (unpaired) electrons. The SMILES string of the molecule is Cc1cnc(C(C)NC(=O)C2(C)CCNCC2)s1. The molecule has 0 spiro atoms. The van der Waals surface area contributed by atoms with Crippen LogP contribution in [0.25, 0.3) is 0 Å². The van der Waals surface area contributed by atoms with E-state index in [1.807, 2.05) is 20.0 Å². The standard InChI is InChI=1S/C13H21N3OS/c1-9-8-15-11(18-9)10(2)16-12(17)13(3)4-6-14-7-5-13/h8,10,14H,4-7H2,1-3H3,(H,16,17). The van der Waals surface area contributed by atoms with Crippen LogP contribution in [-0.4, -0.2) is 24.0 Å². The molecule has 0 aliphatic carbocycles. The van der Waals surface area contributed by atoms with Gasteiger partial charge in [0.15, 0.2) is 0 Å². The molecule has 0 bridgehead atoms. The molecule has 100 valence electrons. The van der Waals surface area contributed by atoms with E-state index in [9.17, 15) is 4.79 Å². The van der Waals surface area contributed by atoms with E-state index in [4.69, 9.17) is 0 Å². The van der Waals surface area contributed by atoms with Crippen LogP contribution in [0.3, 0.4) is 0 Å². The van der Waals surface area contributed by atoms with Crippen molar-refractivity contribution in [1.29, 1.82) is 0 Å². The Balaban J connectivity index is 1.98. The molecular formula is C13H21N3OS. The van der Waals surface area contributed by atoms with Crippen LogP contribution in [-0.2, 0) is 4.79 Å². The predicted molar refractivity (Wildman–Crippen MR) is 73.6 cm³/mol. The molecule has 4 nitrogen and oxygen atoms in total. The van der Waals surface area contributed by atoms with E-state index in [1.165, 1.54) is 4.88 Å². The minimum atomic E-state index is -0.230. The number of thiazole rings is 1. The van der Waals surface area contributed by atoms with Crippen LogP contribution < -0.4 is 10.6 Å². The fourth-order valence-electron chi connectivity index (χ4n) is 2.21. The molecular weight excluding hydrogens is 246 g/mol. The highest BCUT2D eigenvalue weighted by atomic mass is 32.1. The molecule has 2 heterocycles. The van der Waals surface area contributed by atoms with E-state index in [0.29, 0.717) is 0 Å². The number of hydrogen-bond acceptors (Lipinski definition) is 4. The summed E-state index contributed by atoms with van der Waals surface area (Å²) >= 11 is 1.65. The summed E-state index contributed by atoms with van der Waals surface area (Å²) < 4.78 is 0. The van der Waals surface area contributed by atoms with Gasteiger partial charge in [-0.2, -0.15) is 0 Å². The van der Waals surface area contributed by atoms with E-state index in [-0.39, 0.29) is 17.4 Å². The van der Waals surface area contributed by atoms with Gasteiger partial charge in [-0.15, -0.1) is 11.3 Å². The molecule has 2 rings (SSSR count). The number of amides is 1. The van der Waals surface area contributed by atoms with Gasteiger partial charge >= 0.3 is 0 Å². The number of carbonyl (C=O) groups excluding carboxylic acids is 1. The second-order valence-corrected chi connectivity index (χ2v) is 6.58. The zero-order chi connectivity index (χ0) is 13.2. The summed E-state index contributed by atoms with van der Waals surface area (Å²) in [4.78, 5) is 17.9. The Morgan fingerprint density at radius 2 is 2.22 bits per heavy atom. The van der Waals surface area contributed by atoms with Crippen molar-refractivity contribution in [3.8, 4) is 0 Å². The summed E-state index contributed by atoms with van der Waals surface area (Å²) in [7, 11) is 0. The fraction of sp³-hybridized carbons (Fsp3) is 0.692. The van der Waals surface area contributed by atoms with Gasteiger partial charge in [-0.05, 0) is 39.8 Å². The number of nitrogens with zero attached hydrogens (tertiary/aromatic N) is 1. The van der Waals surface area contributed by atoms with Gasteiger partial charge in [-0.25, -0.2) is 4.98 Å². The number of nitrogens with one attached hydrogen (secondary N) is 2. The third-order valence-electron chi connectivity index (χ3n) is 3.61. The Labute approximate surface area is 112 Å². The highest BCUT2D eigenvalue weighted by Gasteiger charge is 2.35. The number of aromatic nitrogens is 1. The Bertz CT molecular complexity index is 424. The van der Waals surface area contributed by atoms with Crippen molar-refractivity contribution in [2.45, 2.75) is 39.7 Å². The highest BCUT2D eigenvalue weighted by molar-refractivity contribution is 7.11. The fourth-order valence-corrected chi connectivity index (χ4v) is 2.99. The summed E-state index contributed by atoms with van der Waals surface area (Å²) in [6, 6.07) is 0.00270.